The van der Waals surface area contributed by atoms with Crippen molar-refractivity contribution in [2.75, 3.05) is 0 Å². The van der Waals surface area contributed by atoms with Crippen LogP contribution in [-0.4, -0.2) is 25.2 Å². The summed E-state index contributed by atoms with van der Waals surface area (Å²) in [5, 5.41) is 8.04. The Bertz CT molecular complexity index is 963. The highest BCUT2D eigenvalue weighted by molar-refractivity contribution is 7.71. The van der Waals surface area contributed by atoms with Crippen molar-refractivity contribution in [3.05, 3.63) is 46.1 Å². The molecule has 2 aromatic heterocycles. The second-order valence-electron chi connectivity index (χ2n) is 6.04. The van der Waals surface area contributed by atoms with Crippen LogP contribution in [0.4, 0.5) is 0 Å². The number of carbonyl (C=O) groups excluding carboxylic acids is 1. The predicted molar refractivity (Wildman–Crippen MR) is 91.4 cm³/mol. The molecule has 5 nitrogen and oxygen atoms in total. The van der Waals surface area contributed by atoms with Crippen LogP contribution in [0.2, 0.25) is 0 Å². The first-order chi connectivity index (χ1) is 11.2. The molecule has 2 heterocycles. The van der Waals surface area contributed by atoms with Crippen LogP contribution in [0.5, 0.6) is 0 Å². The van der Waals surface area contributed by atoms with Gasteiger partial charge in [0, 0.05) is 11.1 Å². The number of rotatable bonds is 2. The number of carbonyl (C=O) groups is 1. The van der Waals surface area contributed by atoms with E-state index in [2.05, 4.69) is 16.3 Å². The van der Waals surface area contributed by atoms with E-state index in [0.717, 1.165) is 30.6 Å². The third-order valence-corrected chi connectivity index (χ3v) is 4.98. The Kier molecular flexibility index (Phi) is 3.41. The normalized spacial score (nSPS) is 14.1. The minimum Gasteiger partial charge on any atom is -0.295 e. The molecule has 1 aliphatic rings. The average molecular weight is 326 g/mol. The average Bonchev–Trinajstić information content (AvgIpc) is 3.07. The van der Waals surface area contributed by atoms with E-state index in [4.69, 9.17) is 12.2 Å². The van der Waals surface area contributed by atoms with Crippen molar-refractivity contribution >= 4 is 29.0 Å². The second kappa shape index (κ2) is 5.45. The van der Waals surface area contributed by atoms with Gasteiger partial charge in [-0.15, -0.1) is 0 Å². The van der Waals surface area contributed by atoms with Gasteiger partial charge in [0.05, 0.1) is 5.52 Å². The van der Waals surface area contributed by atoms with E-state index in [0.29, 0.717) is 4.77 Å². The number of aromatic nitrogens is 4. The van der Waals surface area contributed by atoms with Gasteiger partial charge in [0.2, 0.25) is 0 Å². The molecule has 118 valence electrons. The first kappa shape index (κ1) is 14.4. The topological polar surface area (TPSA) is 55.6 Å². The van der Waals surface area contributed by atoms with Crippen LogP contribution in [0.15, 0.2) is 24.3 Å². The smallest absolute Gasteiger partial charge is 0.251 e. The number of nitrogens with one attached hydrogen (secondary N) is 1. The molecule has 0 unspecified atom stereocenters. The van der Waals surface area contributed by atoms with Crippen LogP contribution in [0.1, 0.15) is 34.7 Å². The maximum atomic E-state index is 13.0. The van der Waals surface area contributed by atoms with Crippen molar-refractivity contribution < 1.29 is 4.79 Å². The first-order valence-corrected chi connectivity index (χ1v) is 8.34. The summed E-state index contributed by atoms with van der Waals surface area (Å²) in [5.74, 6) is 0.777. The van der Waals surface area contributed by atoms with Crippen LogP contribution in [-0.2, 0) is 19.4 Å². The molecule has 0 radical (unpaired) electrons. The fourth-order valence-electron chi connectivity index (χ4n) is 3.57. The zero-order valence-electron chi connectivity index (χ0n) is 13.0. The summed E-state index contributed by atoms with van der Waals surface area (Å²) in [4.78, 5) is 13.0. The van der Waals surface area contributed by atoms with Gasteiger partial charge < -0.3 is 0 Å². The minimum atomic E-state index is 0.0462. The highest BCUT2D eigenvalue weighted by Gasteiger charge is 2.23. The molecule has 0 saturated heterocycles. The van der Waals surface area contributed by atoms with Gasteiger partial charge in [-0.05, 0) is 56.5 Å². The molecular weight excluding hydrogens is 308 g/mol. The summed E-state index contributed by atoms with van der Waals surface area (Å²) >= 11 is 5.22. The predicted octanol–water partition coefficient (Wildman–Crippen LogP) is 3.42. The van der Waals surface area contributed by atoms with Gasteiger partial charge in [-0.2, -0.15) is 5.10 Å². The van der Waals surface area contributed by atoms with Crippen LogP contribution in [0.25, 0.3) is 10.9 Å². The standard InChI is InChI=1S/C17H18N4OS/c1-11-18-19-17(23)20(11)10-16(22)21-14-8-4-2-6-12(14)13-7-3-5-9-15(13)21/h2,4,6,8H,3,5,7,9-10H2,1H3,(H,19,23). The molecule has 4 rings (SSSR count). The van der Waals surface area contributed by atoms with Crippen molar-refractivity contribution in [1.29, 1.82) is 0 Å². The molecule has 6 heteroatoms. The molecule has 0 amide bonds. The van der Waals surface area contributed by atoms with E-state index in [9.17, 15) is 4.79 Å². The van der Waals surface area contributed by atoms with Crippen molar-refractivity contribution in [1.82, 2.24) is 19.3 Å². The fourth-order valence-corrected chi connectivity index (χ4v) is 3.81. The van der Waals surface area contributed by atoms with Gasteiger partial charge in [0.1, 0.15) is 12.4 Å². The Labute approximate surface area is 138 Å². The molecule has 0 saturated carbocycles. The highest BCUT2D eigenvalue weighted by Crippen LogP contribution is 2.32. The summed E-state index contributed by atoms with van der Waals surface area (Å²) in [5.41, 5.74) is 3.53. The molecule has 1 N–H and O–H groups in total. The molecule has 0 aliphatic heterocycles. The summed E-state index contributed by atoms with van der Waals surface area (Å²) in [6.07, 6.45) is 4.35. The Morgan fingerprint density at radius 1 is 1.30 bits per heavy atom. The van der Waals surface area contributed by atoms with Crippen molar-refractivity contribution in [3.63, 3.8) is 0 Å². The van der Waals surface area contributed by atoms with Gasteiger partial charge in [-0.3, -0.25) is 19.0 Å². The van der Waals surface area contributed by atoms with Gasteiger partial charge in [0.25, 0.3) is 5.91 Å². The summed E-state index contributed by atoms with van der Waals surface area (Å²) in [6.45, 7) is 2.06. The Balaban J connectivity index is 1.85. The zero-order valence-corrected chi connectivity index (χ0v) is 13.8. The van der Waals surface area contributed by atoms with Gasteiger partial charge in [-0.1, -0.05) is 18.2 Å². The molecule has 3 aromatic rings. The molecule has 23 heavy (non-hydrogen) atoms. The van der Waals surface area contributed by atoms with E-state index in [1.807, 2.05) is 29.7 Å². The van der Waals surface area contributed by atoms with E-state index < -0.39 is 0 Å². The van der Waals surface area contributed by atoms with Gasteiger partial charge in [-0.25, -0.2) is 0 Å². The molecular formula is C17H18N4OS. The fraction of sp³-hybridized carbons (Fsp3) is 0.353. The van der Waals surface area contributed by atoms with Crippen LogP contribution >= 0.6 is 12.2 Å². The maximum absolute atomic E-state index is 13.0. The number of aryl methyl sites for hydroxylation is 2. The van der Waals surface area contributed by atoms with Gasteiger partial charge in [0.15, 0.2) is 4.77 Å². The van der Waals surface area contributed by atoms with Crippen LogP contribution < -0.4 is 0 Å². The monoisotopic (exact) mass is 326 g/mol. The molecule has 0 atom stereocenters. The van der Waals surface area contributed by atoms with Crippen LogP contribution in [0.3, 0.4) is 0 Å². The van der Waals surface area contributed by atoms with Crippen molar-refractivity contribution in [2.24, 2.45) is 0 Å². The first-order valence-electron chi connectivity index (χ1n) is 7.93. The second-order valence-corrected chi connectivity index (χ2v) is 6.43. The number of H-pyrrole nitrogens is 1. The highest BCUT2D eigenvalue weighted by atomic mass is 32.1. The quantitative estimate of drug-likeness (QED) is 0.734. The third-order valence-electron chi connectivity index (χ3n) is 4.67. The number of fused-ring (bicyclic) bond motifs is 3. The van der Waals surface area contributed by atoms with E-state index >= 15 is 0 Å². The van der Waals surface area contributed by atoms with Gasteiger partial charge >= 0.3 is 0 Å². The van der Waals surface area contributed by atoms with E-state index in [1.54, 1.807) is 4.57 Å². The minimum absolute atomic E-state index is 0.0462. The maximum Gasteiger partial charge on any atom is 0.251 e. The van der Waals surface area contributed by atoms with Crippen LogP contribution in [0, 0.1) is 11.7 Å². The zero-order chi connectivity index (χ0) is 16.0. The molecule has 0 spiro atoms. The number of aromatic amines is 1. The number of benzene rings is 1. The number of hydrogen-bond donors (Lipinski definition) is 1. The van der Waals surface area contributed by atoms with Crippen molar-refractivity contribution in [2.45, 2.75) is 39.2 Å². The lowest BCUT2D eigenvalue weighted by Gasteiger charge is -2.15. The molecule has 1 aromatic carbocycles. The lowest BCUT2D eigenvalue weighted by Crippen LogP contribution is -2.21. The Hall–Kier alpha value is -2.21. The number of para-hydroxylation sites is 1. The molecule has 0 fully saturated rings. The number of hydrogen-bond acceptors (Lipinski definition) is 3. The van der Waals surface area contributed by atoms with E-state index in [-0.39, 0.29) is 12.5 Å². The Morgan fingerprint density at radius 3 is 2.87 bits per heavy atom. The summed E-state index contributed by atoms with van der Waals surface area (Å²) in [7, 11) is 0. The third kappa shape index (κ3) is 2.25. The molecule has 0 bridgehead atoms. The lowest BCUT2D eigenvalue weighted by molar-refractivity contribution is 0.0891. The summed E-state index contributed by atoms with van der Waals surface area (Å²) in [6, 6.07) is 8.19. The van der Waals surface area contributed by atoms with Crippen molar-refractivity contribution in [3.8, 4) is 0 Å². The SMILES string of the molecule is Cc1n[nH]c(=S)n1CC(=O)n1c2c(c3ccccc31)CCCC2. The largest absolute Gasteiger partial charge is 0.295 e. The Morgan fingerprint density at radius 2 is 2.09 bits per heavy atom. The molecule has 1 aliphatic carbocycles. The summed E-state index contributed by atoms with van der Waals surface area (Å²) < 4.78 is 4.14. The lowest BCUT2D eigenvalue weighted by atomic mass is 9.95. The van der Waals surface area contributed by atoms with E-state index in [1.165, 1.54) is 23.1 Å². The number of nitrogens with zero attached hydrogens (tertiary/aromatic N) is 3.